The predicted octanol–water partition coefficient (Wildman–Crippen LogP) is 1.08. The predicted molar refractivity (Wildman–Crippen MR) is 42.7 cm³/mol. The van der Waals surface area contributed by atoms with Gasteiger partial charge in [0.05, 0.1) is 6.07 Å². The summed E-state index contributed by atoms with van der Waals surface area (Å²) in [6.07, 6.45) is 0.522. The third-order valence-electron chi connectivity index (χ3n) is 1.35. The molecule has 1 heterocycles. The number of rotatable bonds is 3. The lowest BCUT2D eigenvalue weighted by Gasteiger charge is -1.98. The first-order valence-electron chi connectivity index (χ1n) is 3.58. The molecule has 0 aromatic carbocycles. The summed E-state index contributed by atoms with van der Waals surface area (Å²) < 4.78 is 4.88. The van der Waals surface area contributed by atoms with Crippen LogP contribution >= 0.6 is 0 Å². The number of nitrogens with two attached hydrogens (primary N) is 1. The minimum Gasteiger partial charge on any atom is -0.406 e. The summed E-state index contributed by atoms with van der Waals surface area (Å²) in [7, 11) is 0. The highest BCUT2D eigenvalue weighted by atomic mass is 16.6. The van der Waals surface area contributed by atoms with E-state index in [2.05, 4.69) is 0 Å². The molecule has 1 aromatic rings. The Bertz CT molecular complexity index is 280. The second kappa shape index (κ2) is 3.36. The van der Waals surface area contributed by atoms with Crippen molar-refractivity contribution in [3.63, 3.8) is 0 Å². The van der Waals surface area contributed by atoms with Crippen molar-refractivity contribution in [1.29, 1.82) is 0 Å². The van der Waals surface area contributed by atoms with Crippen molar-refractivity contribution in [2.45, 2.75) is 19.4 Å². The fraction of sp³-hybridized carbons (Fsp3) is 0.429. The van der Waals surface area contributed by atoms with Crippen molar-refractivity contribution in [1.82, 2.24) is 0 Å². The molecular weight excluding hydrogens is 160 g/mol. The lowest BCUT2D eigenvalue weighted by molar-refractivity contribution is -0.402. The van der Waals surface area contributed by atoms with Gasteiger partial charge in [0.2, 0.25) is 0 Å². The second-order valence-electron chi connectivity index (χ2n) is 2.68. The summed E-state index contributed by atoms with van der Waals surface area (Å²) in [5.41, 5.74) is 5.48. The van der Waals surface area contributed by atoms with Crippen LogP contribution in [-0.2, 0) is 6.42 Å². The quantitative estimate of drug-likeness (QED) is 0.543. The Balaban J connectivity index is 2.71. The zero-order valence-electron chi connectivity index (χ0n) is 6.69. The highest BCUT2D eigenvalue weighted by Crippen LogP contribution is 2.16. The average Bonchev–Trinajstić information content (AvgIpc) is 2.34. The van der Waals surface area contributed by atoms with Crippen molar-refractivity contribution >= 4 is 5.88 Å². The van der Waals surface area contributed by atoms with Crippen LogP contribution in [0.25, 0.3) is 0 Å². The summed E-state index contributed by atoms with van der Waals surface area (Å²) >= 11 is 0. The van der Waals surface area contributed by atoms with Crippen molar-refractivity contribution in [3.8, 4) is 0 Å². The molecule has 1 aromatic heterocycles. The van der Waals surface area contributed by atoms with Gasteiger partial charge in [0, 0.05) is 12.5 Å². The van der Waals surface area contributed by atoms with Crippen molar-refractivity contribution in [2.24, 2.45) is 5.73 Å². The minimum absolute atomic E-state index is 0.0456. The SMILES string of the molecule is C[C@@H](N)Cc1ccc([N+](=O)[O-])o1. The minimum atomic E-state index is -0.565. The molecule has 2 N–H and O–H groups in total. The zero-order valence-corrected chi connectivity index (χ0v) is 6.69. The van der Waals surface area contributed by atoms with E-state index in [1.807, 2.05) is 6.92 Å². The van der Waals surface area contributed by atoms with Crippen LogP contribution in [-0.4, -0.2) is 11.0 Å². The van der Waals surface area contributed by atoms with Crippen molar-refractivity contribution in [3.05, 3.63) is 28.0 Å². The van der Waals surface area contributed by atoms with E-state index < -0.39 is 4.92 Å². The van der Waals surface area contributed by atoms with Gasteiger partial charge in [-0.3, -0.25) is 10.1 Å². The number of hydrogen-bond donors (Lipinski definition) is 1. The van der Waals surface area contributed by atoms with Gasteiger partial charge in [-0.25, -0.2) is 0 Å². The lowest BCUT2D eigenvalue weighted by Crippen LogP contribution is -2.17. The second-order valence-corrected chi connectivity index (χ2v) is 2.68. The maximum absolute atomic E-state index is 10.2. The van der Waals surface area contributed by atoms with Gasteiger partial charge in [0.1, 0.15) is 10.7 Å². The third kappa shape index (κ3) is 2.06. The van der Waals surface area contributed by atoms with Crippen LogP contribution in [0.3, 0.4) is 0 Å². The first-order chi connectivity index (χ1) is 5.59. The zero-order chi connectivity index (χ0) is 9.14. The summed E-state index contributed by atoms with van der Waals surface area (Å²) in [4.78, 5) is 9.62. The van der Waals surface area contributed by atoms with E-state index in [9.17, 15) is 10.1 Å². The largest absolute Gasteiger partial charge is 0.433 e. The number of hydrogen-bond acceptors (Lipinski definition) is 4. The first-order valence-corrected chi connectivity index (χ1v) is 3.58. The van der Waals surface area contributed by atoms with E-state index in [0.717, 1.165) is 0 Å². The van der Waals surface area contributed by atoms with Crippen molar-refractivity contribution in [2.75, 3.05) is 0 Å². The Morgan fingerprint density at radius 1 is 1.75 bits per heavy atom. The molecule has 0 saturated heterocycles. The maximum atomic E-state index is 10.2. The molecule has 0 spiro atoms. The van der Waals surface area contributed by atoms with Gasteiger partial charge in [0.15, 0.2) is 0 Å². The molecule has 5 nitrogen and oxygen atoms in total. The Morgan fingerprint density at radius 3 is 2.83 bits per heavy atom. The Labute approximate surface area is 69.3 Å². The molecular formula is C7H10N2O3. The van der Waals surface area contributed by atoms with Crippen molar-refractivity contribution < 1.29 is 9.34 Å². The Morgan fingerprint density at radius 2 is 2.42 bits per heavy atom. The van der Waals surface area contributed by atoms with Crippen LogP contribution in [0.4, 0.5) is 5.88 Å². The van der Waals surface area contributed by atoms with E-state index >= 15 is 0 Å². The fourth-order valence-electron chi connectivity index (χ4n) is 0.892. The van der Waals surface area contributed by atoms with Crippen LogP contribution in [0.15, 0.2) is 16.5 Å². The monoisotopic (exact) mass is 170 g/mol. The fourth-order valence-corrected chi connectivity index (χ4v) is 0.892. The number of nitrogens with zero attached hydrogens (tertiary/aromatic N) is 1. The smallest absolute Gasteiger partial charge is 0.406 e. The normalized spacial score (nSPS) is 12.8. The van der Waals surface area contributed by atoms with E-state index in [-0.39, 0.29) is 11.9 Å². The van der Waals surface area contributed by atoms with Crippen LogP contribution in [0.1, 0.15) is 12.7 Å². The molecule has 0 aliphatic heterocycles. The lowest BCUT2D eigenvalue weighted by atomic mass is 10.2. The molecule has 0 saturated carbocycles. The molecule has 0 unspecified atom stereocenters. The van der Waals surface area contributed by atoms with E-state index in [4.69, 9.17) is 10.2 Å². The van der Waals surface area contributed by atoms with Crippen LogP contribution < -0.4 is 5.73 Å². The van der Waals surface area contributed by atoms with Gasteiger partial charge in [-0.1, -0.05) is 0 Å². The Kier molecular flexibility index (Phi) is 2.44. The van der Waals surface area contributed by atoms with Gasteiger partial charge in [-0.15, -0.1) is 0 Å². The van der Waals surface area contributed by atoms with E-state index in [1.165, 1.54) is 6.07 Å². The van der Waals surface area contributed by atoms with Gasteiger partial charge in [0.25, 0.3) is 0 Å². The molecule has 1 rings (SSSR count). The third-order valence-corrected chi connectivity index (χ3v) is 1.35. The summed E-state index contributed by atoms with van der Waals surface area (Å²) in [6.45, 7) is 1.81. The Hall–Kier alpha value is -1.36. The molecule has 5 heteroatoms. The molecule has 0 fully saturated rings. The van der Waals surface area contributed by atoms with Gasteiger partial charge in [-0.2, -0.15) is 0 Å². The summed E-state index contributed by atoms with van der Waals surface area (Å²) in [5.74, 6) is 0.322. The topological polar surface area (TPSA) is 82.3 Å². The summed E-state index contributed by atoms with van der Waals surface area (Å²) in [5, 5.41) is 10.2. The molecule has 1 atom stereocenters. The standard InChI is InChI=1S/C7H10N2O3/c1-5(8)4-6-2-3-7(12-6)9(10)11/h2-3,5H,4,8H2,1H3/t5-/m1/s1. The molecule has 66 valence electrons. The first kappa shape index (κ1) is 8.73. The van der Waals surface area contributed by atoms with Gasteiger partial charge < -0.3 is 10.2 Å². The number of furan rings is 1. The summed E-state index contributed by atoms with van der Waals surface area (Å²) in [6, 6.07) is 2.86. The molecule has 12 heavy (non-hydrogen) atoms. The number of nitro groups is 1. The van der Waals surface area contributed by atoms with Crippen LogP contribution in [0.5, 0.6) is 0 Å². The molecule has 0 radical (unpaired) electrons. The molecule has 0 aliphatic carbocycles. The molecule has 0 bridgehead atoms. The van der Waals surface area contributed by atoms with Crippen LogP contribution in [0.2, 0.25) is 0 Å². The highest BCUT2D eigenvalue weighted by Gasteiger charge is 2.12. The van der Waals surface area contributed by atoms with Gasteiger partial charge in [-0.05, 0) is 13.0 Å². The van der Waals surface area contributed by atoms with Gasteiger partial charge >= 0.3 is 5.88 Å². The highest BCUT2D eigenvalue weighted by molar-refractivity contribution is 5.18. The van der Waals surface area contributed by atoms with Crippen LogP contribution in [0, 0.1) is 10.1 Å². The average molecular weight is 170 g/mol. The molecule has 0 amide bonds. The maximum Gasteiger partial charge on any atom is 0.433 e. The molecule has 0 aliphatic rings. The van der Waals surface area contributed by atoms with E-state index in [0.29, 0.717) is 12.2 Å². The van der Waals surface area contributed by atoms with E-state index in [1.54, 1.807) is 6.07 Å².